The van der Waals surface area contributed by atoms with Crippen LogP contribution in [0.15, 0.2) is 0 Å². The summed E-state index contributed by atoms with van der Waals surface area (Å²) in [6, 6.07) is 0.451. The van der Waals surface area contributed by atoms with Crippen molar-refractivity contribution in [3.05, 3.63) is 0 Å². The quantitative estimate of drug-likeness (QED) is 0.774. The number of likely N-dealkylation sites (tertiary alicyclic amines) is 1. The van der Waals surface area contributed by atoms with Crippen LogP contribution in [0.3, 0.4) is 0 Å². The molecule has 1 heterocycles. The maximum Gasteiger partial charge on any atom is 0.0468 e. The van der Waals surface area contributed by atoms with Crippen LogP contribution >= 0.6 is 0 Å². The minimum absolute atomic E-state index is 0.451. The molecule has 1 saturated heterocycles. The number of hydrogen-bond acceptors (Lipinski definition) is 3. The Morgan fingerprint density at radius 3 is 2.50 bits per heavy atom. The molecule has 0 aromatic carbocycles. The first-order chi connectivity index (χ1) is 7.74. The minimum atomic E-state index is 0.451. The molecular weight excluding hydrogens is 200 g/mol. The van der Waals surface area contributed by atoms with Crippen LogP contribution in [0.4, 0.5) is 0 Å². The van der Waals surface area contributed by atoms with Gasteiger partial charge in [-0.1, -0.05) is 6.42 Å². The summed E-state index contributed by atoms with van der Waals surface area (Å²) in [5.41, 5.74) is 6.52. The maximum atomic E-state index is 5.94. The predicted molar refractivity (Wildman–Crippen MR) is 66.4 cm³/mol. The lowest BCUT2D eigenvalue weighted by Gasteiger charge is -2.46. The Labute approximate surface area is 99.3 Å². The Morgan fingerprint density at radius 1 is 1.31 bits per heavy atom. The molecule has 1 aliphatic carbocycles. The van der Waals surface area contributed by atoms with Crippen LogP contribution < -0.4 is 5.73 Å². The summed E-state index contributed by atoms with van der Waals surface area (Å²) in [5, 5.41) is 0. The van der Waals surface area contributed by atoms with E-state index in [2.05, 4.69) is 4.90 Å². The number of nitrogens with two attached hydrogens (primary N) is 1. The first-order valence-corrected chi connectivity index (χ1v) is 6.71. The Bertz CT molecular complexity index is 208. The van der Waals surface area contributed by atoms with Gasteiger partial charge in [0.2, 0.25) is 0 Å². The molecule has 3 heteroatoms. The Morgan fingerprint density at radius 2 is 2.00 bits per heavy atom. The molecule has 0 bridgehead atoms. The van der Waals surface area contributed by atoms with Gasteiger partial charge in [-0.05, 0) is 50.6 Å². The summed E-state index contributed by atoms with van der Waals surface area (Å²) < 4.78 is 5.24. The van der Waals surface area contributed by atoms with Crippen molar-refractivity contribution in [1.82, 2.24) is 4.90 Å². The zero-order valence-electron chi connectivity index (χ0n) is 10.6. The number of methoxy groups -OCH3 is 1. The normalized spacial score (nSPS) is 26.6. The van der Waals surface area contributed by atoms with Gasteiger partial charge in [-0.15, -0.1) is 0 Å². The zero-order chi connectivity index (χ0) is 11.4. The number of hydrogen-bond donors (Lipinski definition) is 1. The molecule has 16 heavy (non-hydrogen) atoms. The van der Waals surface area contributed by atoms with Gasteiger partial charge in [-0.2, -0.15) is 0 Å². The summed E-state index contributed by atoms with van der Waals surface area (Å²) in [6.45, 7) is 4.61. The summed E-state index contributed by atoms with van der Waals surface area (Å²) in [4.78, 5) is 2.62. The Kier molecular flexibility index (Phi) is 4.22. The second-order valence-electron chi connectivity index (χ2n) is 5.71. The molecular formula is C13H26N2O. The smallest absolute Gasteiger partial charge is 0.0468 e. The lowest BCUT2D eigenvalue weighted by Crippen LogP contribution is -2.47. The monoisotopic (exact) mass is 226 g/mol. The minimum Gasteiger partial charge on any atom is -0.385 e. The number of ether oxygens (including phenoxy) is 1. The van der Waals surface area contributed by atoms with Crippen LogP contribution in [0.25, 0.3) is 0 Å². The van der Waals surface area contributed by atoms with E-state index in [4.69, 9.17) is 10.5 Å². The zero-order valence-corrected chi connectivity index (χ0v) is 10.6. The molecule has 1 saturated carbocycles. The molecule has 3 nitrogen and oxygen atoms in total. The topological polar surface area (TPSA) is 38.5 Å². The molecule has 0 aromatic rings. The summed E-state index contributed by atoms with van der Waals surface area (Å²) in [7, 11) is 1.81. The number of piperidine rings is 1. The van der Waals surface area contributed by atoms with Gasteiger partial charge in [-0.3, -0.25) is 0 Å². The average Bonchev–Trinajstić information content (AvgIpc) is 2.25. The van der Waals surface area contributed by atoms with Gasteiger partial charge >= 0.3 is 0 Å². The molecule has 2 N–H and O–H groups in total. The van der Waals surface area contributed by atoms with Crippen molar-refractivity contribution in [2.75, 3.05) is 33.4 Å². The summed E-state index contributed by atoms with van der Waals surface area (Å²) in [6.07, 6.45) is 7.82. The third-order valence-electron chi connectivity index (χ3n) is 4.44. The van der Waals surface area contributed by atoms with Crippen LogP contribution in [0.1, 0.15) is 38.5 Å². The van der Waals surface area contributed by atoms with Crippen LogP contribution in [0.5, 0.6) is 0 Å². The van der Waals surface area contributed by atoms with Crippen LogP contribution in [-0.4, -0.2) is 44.3 Å². The fourth-order valence-electron chi connectivity index (χ4n) is 3.07. The largest absolute Gasteiger partial charge is 0.385 e. The Balaban J connectivity index is 1.77. The molecule has 2 fully saturated rings. The molecule has 0 aromatic heterocycles. The molecule has 0 spiro atoms. The highest BCUT2D eigenvalue weighted by atomic mass is 16.5. The van der Waals surface area contributed by atoms with Crippen molar-refractivity contribution in [2.45, 2.75) is 44.6 Å². The molecule has 2 aliphatic rings. The van der Waals surface area contributed by atoms with Crippen molar-refractivity contribution >= 4 is 0 Å². The van der Waals surface area contributed by atoms with Crippen molar-refractivity contribution < 1.29 is 4.74 Å². The van der Waals surface area contributed by atoms with E-state index in [1.807, 2.05) is 7.11 Å². The van der Waals surface area contributed by atoms with Gasteiger partial charge in [0, 0.05) is 26.3 Å². The first-order valence-electron chi connectivity index (χ1n) is 6.71. The van der Waals surface area contributed by atoms with E-state index in [0.29, 0.717) is 11.5 Å². The highest BCUT2D eigenvalue weighted by molar-refractivity contribution is 4.91. The van der Waals surface area contributed by atoms with Gasteiger partial charge in [0.1, 0.15) is 0 Å². The van der Waals surface area contributed by atoms with Crippen LogP contribution in [0.2, 0.25) is 0 Å². The van der Waals surface area contributed by atoms with Gasteiger partial charge < -0.3 is 15.4 Å². The fraction of sp³-hybridized carbons (Fsp3) is 1.00. The van der Waals surface area contributed by atoms with Crippen LogP contribution in [0, 0.1) is 5.41 Å². The molecule has 94 valence electrons. The molecule has 2 rings (SSSR count). The van der Waals surface area contributed by atoms with Gasteiger partial charge in [0.25, 0.3) is 0 Å². The lowest BCUT2D eigenvalue weighted by atomic mass is 9.66. The van der Waals surface area contributed by atoms with E-state index in [-0.39, 0.29) is 0 Å². The first kappa shape index (κ1) is 12.3. The Hall–Kier alpha value is -0.120. The van der Waals surface area contributed by atoms with Gasteiger partial charge in [0.05, 0.1) is 0 Å². The van der Waals surface area contributed by atoms with Crippen molar-refractivity contribution in [3.63, 3.8) is 0 Å². The molecule has 0 radical (unpaired) electrons. The lowest BCUT2D eigenvalue weighted by molar-refractivity contribution is 0.0229. The SMILES string of the molecule is COCCC1(CN2CCC(N)CC2)CCC1. The standard InChI is InChI=1S/C13H26N2O/c1-16-10-7-13(5-2-6-13)11-15-8-3-12(14)4-9-15/h12H,2-11,14H2,1H3. The van der Waals surface area contributed by atoms with E-state index in [9.17, 15) is 0 Å². The highest BCUT2D eigenvalue weighted by Crippen LogP contribution is 2.44. The van der Waals surface area contributed by atoms with Crippen molar-refractivity contribution in [3.8, 4) is 0 Å². The average molecular weight is 226 g/mol. The predicted octanol–water partition coefficient (Wildman–Crippen LogP) is 1.62. The number of nitrogens with zero attached hydrogens (tertiary/aromatic N) is 1. The second kappa shape index (κ2) is 5.48. The van der Waals surface area contributed by atoms with Crippen molar-refractivity contribution in [1.29, 1.82) is 0 Å². The van der Waals surface area contributed by atoms with Gasteiger partial charge in [0.15, 0.2) is 0 Å². The summed E-state index contributed by atoms with van der Waals surface area (Å²) in [5.74, 6) is 0. The summed E-state index contributed by atoms with van der Waals surface area (Å²) >= 11 is 0. The molecule has 1 aliphatic heterocycles. The van der Waals surface area contributed by atoms with Gasteiger partial charge in [-0.25, -0.2) is 0 Å². The number of rotatable bonds is 5. The van der Waals surface area contributed by atoms with Crippen LogP contribution in [-0.2, 0) is 4.74 Å². The van der Waals surface area contributed by atoms with E-state index in [0.717, 1.165) is 6.61 Å². The highest BCUT2D eigenvalue weighted by Gasteiger charge is 2.38. The maximum absolute atomic E-state index is 5.94. The fourth-order valence-corrected chi connectivity index (χ4v) is 3.07. The molecule has 0 unspecified atom stereocenters. The second-order valence-corrected chi connectivity index (χ2v) is 5.71. The third kappa shape index (κ3) is 2.96. The molecule has 0 amide bonds. The van der Waals surface area contributed by atoms with E-state index in [1.165, 1.54) is 58.2 Å². The van der Waals surface area contributed by atoms with E-state index < -0.39 is 0 Å². The third-order valence-corrected chi connectivity index (χ3v) is 4.44. The van der Waals surface area contributed by atoms with Crippen molar-refractivity contribution in [2.24, 2.45) is 11.1 Å². The van der Waals surface area contributed by atoms with E-state index >= 15 is 0 Å². The molecule has 0 atom stereocenters. The van der Waals surface area contributed by atoms with E-state index in [1.54, 1.807) is 0 Å².